The zero-order valence-corrected chi connectivity index (χ0v) is 7.62. The van der Waals surface area contributed by atoms with Gasteiger partial charge in [-0.25, -0.2) is 0 Å². The lowest BCUT2D eigenvalue weighted by Crippen LogP contribution is -2.04. The minimum Gasteiger partial charge on any atom is -0.179 e. The molecule has 0 amide bonds. The fourth-order valence-corrected chi connectivity index (χ4v) is 1.44. The van der Waals surface area contributed by atoms with Crippen molar-refractivity contribution in [3.8, 4) is 0 Å². The monoisotopic (exact) mass is 146 g/mol. The maximum atomic E-state index is 4.27. The molecule has 0 N–H and O–H groups in total. The molecule has 1 unspecified atom stereocenters. The molecule has 0 rings (SSSR count). The highest BCUT2D eigenvalue weighted by Crippen LogP contribution is 2.15. The lowest BCUT2D eigenvalue weighted by atomic mass is 9.97. The fraction of sp³-hybridized carbons (Fsp3) is 1.00. The second-order valence-electron chi connectivity index (χ2n) is 3.09. The third kappa shape index (κ3) is 4.83. The predicted molar refractivity (Wildman–Crippen MR) is 47.1 cm³/mol. The summed E-state index contributed by atoms with van der Waals surface area (Å²) in [7, 11) is 0. The van der Waals surface area contributed by atoms with Gasteiger partial charge in [0.15, 0.2) is 0 Å². The van der Waals surface area contributed by atoms with Crippen LogP contribution < -0.4 is 0 Å². The van der Waals surface area contributed by atoms with E-state index in [4.69, 9.17) is 0 Å². The van der Waals surface area contributed by atoms with Crippen LogP contribution in [0.3, 0.4) is 0 Å². The minimum absolute atomic E-state index is 0.835. The van der Waals surface area contributed by atoms with E-state index in [1.807, 2.05) is 0 Å². The van der Waals surface area contributed by atoms with Crippen molar-refractivity contribution in [1.82, 2.24) is 0 Å². The van der Waals surface area contributed by atoms with Crippen LogP contribution in [0.1, 0.15) is 33.6 Å². The third-order valence-corrected chi connectivity index (χ3v) is 2.16. The van der Waals surface area contributed by atoms with Gasteiger partial charge in [0, 0.05) is 0 Å². The molecule has 0 fully saturated rings. The van der Waals surface area contributed by atoms with Crippen LogP contribution in [-0.2, 0) is 0 Å². The van der Waals surface area contributed by atoms with E-state index in [0.717, 1.165) is 17.6 Å². The molecule has 0 aliphatic carbocycles. The van der Waals surface area contributed by atoms with Gasteiger partial charge in [0.2, 0.25) is 0 Å². The average molecular weight is 146 g/mol. The van der Waals surface area contributed by atoms with Gasteiger partial charge in [-0.3, -0.25) is 0 Å². The maximum absolute atomic E-state index is 4.27. The quantitative estimate of drug-likeness (QED) is 0.579. The number of hydrogen-bond acceptors (Lipinski definition) is 1. The topological polar surface area (TPSA) is 0 Å². The molecular formula is C8H18S. The van der Waals surface area contributed by atoms with E-state index in [1.54, 1.807) is 0 Å². The Balaban J connectivity index is 3.31. The summed E-state index contributed by atoms with van der Waals surface area (Å²) >= 11 is 4.27. The Kier molecular flexibility index (Phi) is 5.36. The standard InChI is InChI=1S/C8H18S/c1-4-8(6-9)5-7(2)3/h7-9H,4-6H2,1-3H3. The van der Waals surface area contributed by atoms with Gasteiger partial charge in [-0.2, -0.15) is 12.6 Å². The first-order valence-corrected chi connectivity index (χ1v) is 4.44. The molecule has 56 valence electrons. The fourth-order valence-electron chi connectivity index (χ4n) is 1.04. The molecule has 0 saturated heterocycles. The van der Waals surface area contributed by atoms with Crippen molar-refractivity contribution in [2.45, 2.75) is 33.6 Å². The van der Waals surface area contributed by atoms with E-state index in [2.05, 4.69) is 33.4 Å². The van der Waals surface area contributed by atoms with E-state index in [9.17, 15) is 0 Å². The van der Waals surface area contributed by atoms with Crippen LogP contribution in [0.25, 0.3) is 0 Å². The van der Waals surface area contributed by atoms with E-state index in [-0.39, 0.29) is 0 Å². The molecule has 1 heteroatoms. The highest BCUT2D eigenvalue weighted by Gasteiger charge is 2.04. The van der Waals surface area contributed by atoms with Crippen molar-refractivity contribution in [3.05, 3.63) is 0 Å². The van der Waals surface area contributed by atoms with E-state index < -0.39 is 0 Å². The van der Waals surface area contributed by atoms with Crippen LogP contribution in [0, 0.1) is 11.8 Å². The Morgan fingerprint density at radius 3 is 2.00 bits per heavy atom. The first-order valence-electron chi connectivity index (χ1n) is 3.81. The van der Waals surface area contributed by atoms with E-state index in [1.165, 1.54) is 12.8 Å². The molecule has 0 aromatic carbocycles. The van der Waals surface area contributed by atoms with Gasteiger partial charge in [-0.05, 0) is 24.0 Å². The molecule has 0 bridgehead atoms. The smallest absolute Gasteiger partial charge is 0.00695 e. The minimum atomic E-state index is 0.835. The lowest BCUT2D eigenvalue weighted by Gasteiger charge is -2.13. The Morgan fingerprint density at radius 2 is 1.89 bits per heavy atom. The highest BCUT2D eigenvalue weighted by atomic mass is 32.1. The van der Waals surface area contributed by atoms with Crippen molar-refractivity contribution in [3.63, 3.8) is 0 Å². The van der Waals surface area contributed by atoms with Crippen LogP contribution >= 0.6 is 12.6 Å². The summed E-state index contributed by atoms with van der Waals surface area (Å²) in [5.74, 6) is 2.73. The SMILES string of the molecule is CCC(CS)CC(C)C. The summed E-state index contributed by atoms with van der Waals surface area (Å²) in [4.78, 5) is 0. The second kappa shape index (κ2) is 5.16. The molecule has 1 atom stereocenters. The molecular weight excluding hydrogens is 128 g/mol. The first kappa shape index (κ1) is 9.35. The van der Waals surface area contributed by atoms with E-state index in [0.29, 0.717) is 0 Å². The first-order chi connectivity index (χ1) is 4.20. The van der Waals surface area contributed by atoms with Crippen molar-refractivity contribution in [2.75, 3.05) is 5.75 Å². The number of rotatable bonds is 4. The zero-order valence-electron chi connectivity index (χ0n) is 6.72. The highest BCUT2D eigenvalue weighted by molar-refractivity contribution is 7.80. The lowest BCUT2D eigenvalue weighted by molar-refractivity contribution is 0.435. The molecule has 0 aliphatic rings. The third-order valence-electron chi connectivity index (χ3n) is 1.64. The Morgan fingerprint density at radius 1 is 1.33 bits per heavy atom. The summed E-state index contributed by atoms with van der Waals surface area (Å²) < 4.78 is 0. The molecule has 0 radical (unpaired) electrons. The molecule has 0 aromatic heterocycles. The molecule has 0 spiro atoms. The van der Waals surface area contributed by atoms with Crippen molar-refractivity contribution in [1.29, 1.82) is 0 Å². The Labute approximate surface area is 64.4 Å². The molecule has 0 nitrogen and oxygen atoms in total. The van der Waals surface area contributed by atoms with Crippen LogP contribution in [0.2, 0.25) is 0 Å². The van der Waals surface area contributed by atoms with Crippen LogP contribution in [-0.4, -0.2) is 5.75 Å². The van der Waals surface area contributed by atoms with Crippen molar-refractivity contribution < 1.29 is 0 Å². The number of thiol groups is 1. The van der Waals surface area contributed by atoms with Gasteiger partial charge in [-0.1, -0.05) is 27.2 Å². The van der Waals surface area contributed by atoms with Crippen LogP contribution in [0.5, 0.6) is 0 Å². The summed E-state index contributed by atoms with van der Waals surface area (Å²) in [6.45, 7) is 6.78. The second-order valence-corrected chi connectivity index (χ2v) is 3.45. The van der Waals surface area contributed by atoms with Gasteiger partial charge >= 0.3 is 0 Å². The number of hydrogen-bond donors (Lipinski definition) is 1. The van der Waals surface area contributed by atoms with E-state index >= 15 is 0 Å². The predicted octanol–water partition coefficient (Wildman–Crippen LogP) is 2.99. The molecule has 0 saturated carbocycles. The summed E-state index contributed by atoms with van der Waals surface area (Å²) in [6, 6.07) is 0. The molecule has 0 heterocycles. The summed E-state index contributed by atoms with van der Waals surface area (Å²) in [5.41, 5.74) is 0. The Bertz CT molecular complexity index is 55.6. The zero-order chi connectivity index (χ0) is 7.28. The van der Waals surface area contributed by atoms with Gasteiger partial charge < -0.3 is 0 Å². The maximum Gasteiger partial charge on any atom is -0.00695 e. The molecule has 0 aromatic rings. The van der Waals surface area contributed by atoms with Crippen molar-refractivity contribution >= 4 is 12.6 Å². The van der Waals surface area contributed by atoms with Gasteiger partial charge in [0.1, 0.15) is 0 Å². The largest absolute Gasteiger partial charge is 0.179 e. The van der Waals surface area contributed by atoms with Crippen LogP contribution in [0.4, 0.5) is 0 Å². The molecule has 9 heavy (non-hydrogen) atoms. The van der Waals surface area contributed by atoms with Crippen molar-refractivity contribution in [2.24, 2.45) is 11.8 Å². The normalized spacial score (nSPS) is 14.3. The van der Waals surface area contributed by atoms with Gasteiger partial charge in [0.25, 0.3) is 0 Å². The average Bonchev–Trinajstić information content (AvgIpc) is 1.82. The summed E-state index contributed by atoms with van der Waals surface area (Å²) in [5, 5.41) is 0. The Hall–Kier alpha value is 0.350. The van der Waals surface area contributed by atoms with Crippen LogP contribution in [0.15, 0.2) is 0 Å². The summed E-state index contributed by atoms with van der Waals surface area (Å²) in [6.07, 6.45) is 2.61. The van der Waals surface area contributed by atoms with Gasteiger partial charge in [0.05, 0.1) is 0 Å². The van der Waals surface area contributed by atoms with Gasteiger partial charge in [-0.15, -0.1) is 0 Å². The molecule has 0 aliphatic heterocycles.